The highest BCUT2D eigenvalue weighted by molar-refractivity contribution is 5.70. The fraction of sp³-hybridized carbons (Fsp3) is 0.524. The summed E-state index contributed by atoms with van der Waals surface area (Å²) in [6, 6.07) is 5.85. The molecule has 1 aromatic carbocycles. The minimum Gasteiger partial charge on any atom is -0.496 e. The van der Waals surface area contributed by atoms with Gasteiger partial charge < -0.3 is 18.6 Å². The molecule has 1 atom stereocenters. The molecule has 1 aliphatic rings. The summed E-state index contributed by atoms with van der Waals surface area (Å²) >= 11 is 0. The summed E-state index contributed by atoms with van der Waals surface area (Å²) in [4.78, 5) is 18.8. The SMILES string of the molecule is CCOC(=O)CC1COCCN1Cc1nc(-c2ccc(OC)c(C)c2)oc1C. The van der Waals surface area contributed by atoms with E-state index in [1.165, 1.54) is 0 Å². The number of methoxy groups -OCH3 is 1. The Balaban J connectivity index is 1.75. The molecule has 1 saturated heterocycles. The van der Waals surface area contributed by atoms with Gasteiger partial charge in [-0.2, -0.15) is 0 Å². The maximum atomic E-state index is 11.9. The van der Waals surface area contributed by atoms with E-state index in [9.17, 15) is 4.79 Å². The number of rotatable bonds is 7. The van der Waals surface area contributed by atoms with Crippen molar-refractivity contribution in [3.8, 4) is 17.2 Å². The monoisotopic (exact) mass is 388 g/mol. The van der Waals surface area contributed by atoms with Gasteiger partial charge in [0.2, 0.25) is 5.89 Å². The van der Waals surface area contributed by atoms with E-state index in [1.54, 1.807) is 7.11 Å². The van der Waals surface area contributed by atoms with Crippen LogP contribution in [0.5, 0.6) is 5.75 Å². The number of carbonyl (C=O) groups is 1. The first-order valence-corrected chi connectivity index (χ1v) is 9.60. The molecule has 1 aromatic heterocycles. The maximum Gasteiger partial charge on any atom is 0.307 e. The van der Waals surface area contributed by atoms with Crippen molar-refractivity contribution in [3.05, 3.63) is 35.2 Å². The van der Waals surface area contributed by atoms with E-state index in [1.807, 2.05) is 39.0 Å². The van der Waals surface area contributed by atoms with Crippen molar-refractivity contribution in [2.24, 2.45) is 0 Å². The molecule has 0 saturated carbocycles. The van der Waals surface area contributed by atoms with Crippen LogP contribution in [0.15, 0.2) is 22.6 Å². The second kappa shape index (κ2) is 9.21. The van der Waals surface area contributed by atoms with Crippen LogP contribution in [0.2, 0.25) is 0 Å². The van der Waals surface area contributed by atoms with E-state index < -0.39 is 0 Å². The van der Waals surface area contributed by atoms with Crippen molar-refractivity contribution in [1.82, 2.24) is 9.88 Å². The Morgan fingerprint density at radius 2 is 2.18 bits per heavy atom. The third-order valence-electron chi connectivity index (χ3n) is 4.94. The Morgan fingerprint density at radius 1 is 1.36 bits per heavy atom. The molecule has 0 aliphatic carbocycles. The zero-order valence-electron chi connectivity index (χ0n) is 17.0. The Morgan fingerprint density at radius 3 is 2.89 bits per heavy atom. The number of nitrogens with zero attached hydrogens (tertiary/aromatic N) is 2. The molecule has 2 aromatic rings. The molecule has 3 rings (SSSR count). The Kier molecular flexibility index (Phi) is 6.70. The molecule has 1 unspecified atom stereocenters. The lowest BCUT2D eigenvalue weighted by Crippen LogP contribution is -2.46. The third-order valence-corrected chi connectivity index (χ3v) is 4.94. The lowest BCUT2D eigenvalue weighted by atomic mass is 10.1. The first-order valence-electron chi connectivity index (χ1n) is 9.60. The summed E-state index contributed by atoms with van der Waals surface area (Å²) in [6.07, 6.45) is 0.315. The highest BCUT2D eigenvalue weighted by Gasteiger charge is 2.27. The van der Waals surface area contributed by atoms with Crippen LogP contribution in [0.1, 0.15) is 30.4 Å². The lowest BCUT2D eigenvalue weighted by molar-refractivity contribution is -0.146. The minimum atomic E-state index is -0.200. The van der Waals surface area contributed by atoms with E-state index >= 15 is 0 Å². The first kappa shape index (κ1) is 20.4. The molecule has 7 heteroatoms. The average Bonchev–Trinajstić information content (AvgIpc) is 3.04. The molecular formula is C21H28N2O5. The fourth-order valence-corrected chi connectivity index (χ4v) is 3.40. The Labute approximate surface area is 165 Å². The van der Waals surface area contributed by atoms with E-state index in [0.717, 1.165) is 34.9 Å². The number of carbonyl (C=O) groups excluding carboxylic acids is 1. The van der Waals surface area contributed by atoms with Crippen LogP contribution in [-0.4, -0.2) is 55.4 Å². The summed E-state index contributed by atoms with van der Waals surface area (Å²) in [5, 5.41) is 0. The molecule has 1 aliphatic heterocycles. The number of ether oxygens (including phenoxy) is 3. The summed E-state index contributed by atoms with van der Waals surface area (Å²) < 4.78 is 21.9. The van der Waals surface area contributed by atoms with Crippen LogP contribution in [0.25, 0.3) is 11.5 Å². The van der Waals surface area contributed by atoms with Crippen LogP contribution >= 0.6 is 0 Å². The molecule has 0 amide bonds. The second-order valence-corrected chi connectivity index (χ2v) is 6.91. The minimum absolute atomic E-state index is 0.0180. The number of hydrogen-bond acceptors (Lipinski definition) is 7. The van der Waals surface area contributed by atoms with Crippen molar-refractivity contribution in [3.63, 3.8) is 0 Å². The van der Waals surface area contributed by atoms with E-state index in [-0.39, 0.29) is 12.0 Å². The number of esters is 1. The van der Waals surface area contributed by atoms with Gasteiger partial charge in [-0.3, -0.25) is 9.69 Å². The average molecular weight is 388 g/mol. The molecule has 0 bridgehead atoms. The Hall–Kier alpha value is -2.38. The molecule has 1 fully saturated rings. The number of benzene rings is 1. The van der Waals surface area contributed by atoms with Crippen molar-refractivity contribution in [1.29, 1.82) is 0 Å². The molecule has 0 spiro atoms. The van der Waals surface area contributed by atoms with Crippen molar-refractivity contribution >= 4 is 5.97 Å². The van der Waals surface area contributed by atoms with Crippen molar-refractivity contribution in [2.75, 3.05) is 33.5 Å². The summed E-state index contributed by atoms with van der Waals surface area (Å²) in [5.41, 5.74) is 2.82. The molecule has 7 nitrogen and oxygen atoms in total. The number of aryl methyl sites for hydroxylation is 2. The molecule has 2 heterocycles. The maximum absolute atomic E-state index is 11.9. The van der Waals surface area contributed by atoms with E-state index in [2.05, 4.69) is 4.90 Å². The molecular weight excluding hydrogens is 360 g/mol. The molecule has 152 valence electrons. The highest BCUT2D eigenvalue weighted by Crippen LogP contribution is 2.28. The first-order chi connectivity index (χ1) is 13.5. The quantitative estimate of drug-likeness (QED) is 0.675. The van der Waals surface area contributed by atoms with Crippen LogP contribution in [0, 0.1) is 13.8 Å². The smallest absolute Gasteiger partial charge is 0.307 e. The van der Waals surface area contributed by atoms with Gasteiger partial charge in [-0.25, -0.2) is 4.98 Å². The number of aromatic nitrogens is 1. The lowest BCUT2D eigenvalue weighted by Gasteiger charge is -2.34. The second-order valence-electron chi connectivity index (χ2n) is 6.91. The zero-order valence-corrected chi connectivity index (χ0v) is 17.0. The van der Waals surface area contributed by atoms with Gasteiger partial charge in [0.15, 0.2) is 0 Å². The molecule has 28 heavy (non-hydrogen) atoms. The van der Waals surface area contributed by atoms with Gasteiger partial charge >= 0.3 is 5.97 Å². The number of oxazole rings is 1. The number of hydrogen-bond donors (Lipinski definition) is 0. The van der Waals surface area contributed by atoms with Gasteiger partial charge in [0.05, 0.1) is 39.0 Å². The largest absolute Gasteiger partial charge is 0.496 e. The highest BCUT2D eigenvalue weighted by atomic mass is 16.5. The number of morpholine rings is 1. The van der Waals surface area contributed by atoms with E-state index in [0.29, 0.717) is 38.7 Å². The van der Waals surface area contributed by atoms with Gasteiger partial charge in [-0.1, -0.05) is 0 Å². The fourth-order valence-electron chi connectivity index (χ4n) is 3.40. The zero-order chi connectivity index (χ0) is 20.1. The van der Waals surface area contributed by atoms with Crippen molar-refractivity contribution < 1.29 is 23.4 Å². The normalized spacial score (nSPS) is 17.5. The van der Waals surface area contributed by atoms with Gasteiger partial charge in [0, 0.05) is 24.7 Å². The van der Waals surface area contributed by atoms with Gasteiger partial charge in [0.1, 0.15) is 11.5 Å². The summed E-state index contributed by atoms with van der Waals surface area (Å²) in [6.45, 7) is 8.62. The predicted molar refractivity (Wildman–Crippen MR) is 104 cm³/mol. The topological polar surface area (TPSA) is 74.0 Å². The van der Waals surface area contributed by atoms with Crippen LogP contribution in [-0.2, 0) is 20.8 Å². The predicted octanol–water partition coefficient (Wildman–Crippen LogP) is 3.12. The van der Waals surface area contributed by atoms with Gasteiger partial charge in [-0.15, -0.1) is 0 Å². The van der Waals surface area contributed by atoms with Crippen LogP contribution in [0.3, 0.4) is 0 Å². The summed E-state index contributed by atoms with van der Waals surface area (Å²) in [5.74, 6) is 2.01. The summed E-state index contributed by atoms with van der Waals surface area (Å²) in [7, 11) is 1.66. The van der Waals surface area contributed by atoms with Crippen LogP contribution in [0.4, 0.5) is 0 Å². The standard InChI is InChI=1S/C21H28N2O5/c1-5-27-20(24)11-17-13-26-9-8-23(17)12-18-15(3)28-21(22-18)16-6-7-19(25-4)14(2)10-16/h6-7,10,17H,5,8-9,11-13H2,1-4H3. The van der Waals surface area contributed by atoms with Crippen molar-refractivity contribution in [2.45, 2.75) is 39.8 Å². The van der Waals surface area contributed by atoms with Crippen LogP contribution < -0.4 is 4.74 Å². The Bertz CT molecular complexity index is 817. The molecule has 0 N–H and O–H groups in total. The molecule has 0 radical (unpaired) electrons. The van der Waals surface area contributed by atoms with Gasteiger partial charge in [0.25, 0.3) is 0 Å². The van der Waals surface area contributed by atoms with E-state index in [4.69, 9.17) is 23.6 Å². The third kappa shape index (κ3) is 4.72. The van der Waals surface area contributed by atoms with Gasteiger partial charge in [-0.05, 0) is 44.5 Å².